The first kappa shape index (κ1) is 19.1. The molecule has 27 heavy (non-hydrogen) atoms. The van der Waals surface area contributed by atoms with Crippen LogP contribution >= 0.6 is 0 Å². The maximum Gasteiger partial charge on any atom is 0.261 e. The van der Waals surface area contributed by atoms with Gasteiger partial charge in [0.05, 0.1) is 22.3 Å². The summed E-state index contributed by atoms with van der Waals surface area (Å²) in [4.78, 5) is 6.41. The minimum atomic E-state index is -3.94. The Bertz CT molecular complexity index is 960. The molecular weight excluding hydrogens is 367 g/mol. The van der Waals surface area contributed by atoms with E-state index in [9.17, 15) is 12.8 Å². The van der Waals surface area contributed by atoms with Crippen LogP contribution in [0.5, 0.6) is 0 Å². The van der Waals surface area contributed by atoms with Crippen molar-refractivity contribution >= 4 is 21.5 Å². The van der Waals surface area contributed by atoms with Gasteiger partial charge in [-0.05, 0) is 48.6 Å². The second-order valence-electron chi connectivity index (χ2n) is 7.12. The molecule has 1 aromatic heterocycles. The molecule has 1 aromatic carbocycles. The summed E-state index contributed by atoms with van der Waals surface area (Å²) in [6.07, 6.45) is 2.66. The molecule has 3 rings (SSSR count). The molecule has 2 aromatic rings. The van der Waals surface area contributed by atoms with E-state index in [2.05, 4.69) is 28.5 Å². The molecule has 0 radical (unpaired) electrons. The van der Waals surface area contributed by atoms with E-state index in [1.54, 1.807) is 18.2 Å². The Kier molecular flexibility index (Phi) is 5.33. The van der Waals surface area contributed by atoms with Crippen LogP contribution < -0.4 is 9.62 Å². The van der Waals surface area contributed by atoms with Gasteiger partial charge in [-0.25, -0.2) is 17.8 Å². The third kappa shape index (κ3) is 4.37. The second-order valence-corrected chi connectivity index (χ2v) is 8.80. The number of nitrogens with zero attached hydrogens (tertiary/aromatic N) is 3. The zero-order valence-corrected chi connectivity index (χ0v) is 16.0. The number of halogens is 1. The third-order valence-electron chi connectivity index (χ3n) is 4.56. The maximum absolute atomic E-state index is 13.4. The number of hydrogen-bond donors (Lipinski definition) is 1. The molecule has 0 bridgehead atoms. The Morgan fingerprint density at radius 2 is 1.93 bits per heavy atom. The van der Waals surface area contributed by atoms with Gasteiger partial charge in [-0.3, -0.25) is 4.72 Å². The summed E-state index contributed by atoms with van der Waals surface area (Å²) in [7, 11) is -3.94. The Balaban J connectivity index is 1.77. The van der Waals surface area contributed by atoms with E-state index in [1.165, 1.54) is 12.6 Å². The number of piperidine rings is 1. The van der Waals surface area contributed by atoms with Gasteiger partial charge in [-0.2, -0.15) is 5.26 Å². The zero-order valence-electron chi connectivity index (χ0n) is 15.2. The number of benzene rings is 1. The van der Waals surface area contributed by atoms with E-state index in [0.29, 0.717) is 17.5 Å². The van der Waals surface area contributed by atoms with Gasteiger partial charge in [0.25, 0.3) is 10.0 Å². The lowest BCUT2D eigenvalue weighted by Crippen LogP contribution is -2.39. The minimum Gasteiger partial charge on any atom is -0.356 e. The Labute approximate surface area is 158 Å². The fraction of sp³-hybridized carbons (Fsp3) is 0.368. The third-order valence-corrected chi connectivity index (χ3v) is 5.94. The number of pyridine rings is 1. The molecule has 0 saturated carbocycles. The predicted octanol–water partition coefficient (Wildman–Crippen LogP) is 3.38. The van der Waals surface area contributed by atoms with Gasteiger partial charge in [0.1, 0.15) is 17.7 Å². The average Bonchev–Trinajstić information content (AvgIpc) is 2.61. The van der Waals surface area contributed by atoms with Crippen LogP contribution in [0, 0.1) is 29.0 Å². The number of nitriles is 1. The highest BCUT2D eigenvalue weighted by atomic mass is 32.2. The summed E-state index contributed by atoms with van der Waals surface area (Å²) in [6, 6.07) is 8.17. The molecule has 1 aliphatic heterocycles. The SMILES string of the molecule is C[C@H]1C[C@H](C)CN(c2ccc(NS(=O)(=O)c3ccc(F)c(C#N)c3)cn2)C1. The summed E-state index contributed by atoms with van der Waals surface area (Å²) in [5, 5.41) is 8.87. The highest BCUT2D eigenvalue weighted by Gasteiger charge is 2.23. The van der Waals surface area contributed by atoms with Crippen LogP contribution in [-0.4, -0.2) is 26.5 Å². The molecule has 1 aliphatic rings. The summed E-state index contributed by atoms with van der Waals surface area (Å²) in [5.41, 5.74) is -0.0145. The number of sulfonamides is 1. The van der Waals surface area contributed by atoms with Crippen LogP contribution in [0.1, 0.15) is 25.8 Å². The lowest BCUT2D eigenvalue weighted by atomic mass is 9.92. The summed E-state index contributed by atoms with van der Waals surface area (Å²) >= 11 is 0. The van der Waals surface area contributed by atoms with Crippen LogP contribution in [-0.2, 0) is 10.0 Å². The summed E-state index contributed by atoms with van der Waals surface area (Å²) in [6.45, 7) is 6.27. The maximum atomic E-state index is 13.4. The number of anilines is 2. The Morgan fingerprint density at radius 3 is 2.52 bits per heavy atom. The topological polar surface area (TPSA) is 86.1 Å². The van der Waals surface area contributed by atoms with Gasteiger partial charge < -0.3 is 4.90 Å². The van der Waals surface area contributed by atoms with E-state index in [-0.39, 0.29) is 10.5 Å². The first-order valence-corrected chi connectivity index (χ1v) is 10.2. The van der Waals surface area contributed by atoms with E-state index >= 15 is 0 Å². The van der Waals surface area contributed by atoms with Gasteiger partial charge in [0, 0.05) is 13.1 Å². The average molecular weight is 388 g/mol. The van der Waals surface area contributed by atoms with Crippen molar-refractivity contribution in [3.63, 3.8) is 0 Å². The normalized spacial score (nSPS) is 20.1. The molecule has 142 valence electrons. The fourth-order valence-corrected chi connectivity index (χ4v) is 4.52. The molecular formula is C19H21FN4O2S. The number of nitrogens with one attached hydrogen (secondary N) is 1. The lowest BCUT2D eigenvalue weighted by molar-refractivity contribution is 0.355. The highest BCUT2D eigenvalue weighted by molar-refractivity contribution is 7.92. The van der Waals surface area contributed by atoms with Crippen molar-refractivity contribution < 1.29 is 12.8 Å². The standard InChI is InChI=1S/C19H21FN4O2S/c1-13-7-14(2)12-24(11-13)19-6-3-16(10-22-19)23-27(25,26)17-4-5-18(20)15(8-17)9-21/h3-6,8,10,13-14,23H,7,11-12H2,1-2H3/t13-,14-/m0/s1. The zero-order chi connectivity index (χ0) is 19.6. The fourth-order valence-electron chi connectivity index (χ4n) is 3.45. The van der Waals surface area contributed by atoms with E-state index in [0.717, 1.165) is 37.1 Å². The first-order chi connectivity index (χ1) is 12.8. The van der Waals surface area contributed by atoms with Crippen molar-refractivity contribution in [1.82, 2.24) is 4.98 Å². The summed E-state index contributed by atoms with van der Waals surface area (Å²) in [5.74, 6) is 1.22. The smallest absolute Gasteiger partial charge is 0.261 e. The van der Waals surface area contributed by atoms with Gasteiger partial charge in [0.15, 0.2) is 0 Å². The lowest BCUT2D eigenvalue weighted by Gasteiger charge is -2.35. The van der Waals surface area contributed by atoms with Crippen molar-refractivity contribution in [2.45, 2.75) is 25.2 Å². The number of hydrogen-bond acceptors (Lipinski definition) is 5. The summed E-state index contributed by atoms with van der Waals surface area (Å²) < 4.78 is 40.8. The molecule has 6 nitrogen and oxygen atoms in total. The molecule has 0 unspecified atom stereocenters. The Morgan fingerprint density at radius 1 is 1.22 bits per heavy atom. The molecule has 0 aliphatic carbocycles. The molecule has 0 spiro atoms. The van der Waals surface area contributed by atoms with Crippen LogP contribution in [0.4, 0.5) is 15.9 Å². The van der Waals surface area contributed by atoms with Crippen LogP contribution in [0.2, 0.25) is 0 Å². The van der Waals surface area contributed by atoms with Gasteiger partial charge in [-0.15, -0.1) is 0 Å². The molecule has 2 heterocycles. The number of rotatable bonds is 4. The first-order valence-electron chi connectivity index (χ1n) is 8.72. The van der Waals surface area contributed by atoms with Crippen molar-refractivity contribution in [2.24, 2.45) is 11.8 Å². The quantitative estimate of drug-likeness (QED) is 0.868. The van der Waals surface area contributed by atoms with Gasteiger partial charge in [-0.1, -0.05) is 13.8 Å². The van der Waals surface area contributed by atoms with Crippen molar-refractivity contribution in [3.05, 3.63) is 47.9 Å². The van der Waals surface area contributed by atoms with Crippen LogP contribution in [0.15, 0.2) is 41.4 Å². The molecule has 1 saturated heterocycles. The van der Waals surface area contributed by atoms with Gasteiger partial charge in [0.2, 0.25) is 0 Å². The molecule has 2 atom stereocenters. The minimum absolute atomic E-state index is 0.178. The van der Waals surface area contributed by atoms with E-state index < -0.39 is 15.8 Å². The number of aromatic nitrogens is 1. The molecule has 1 N–H and O–H groups in total. The molecule has 8 heteroatoms. The van der Waals surface area contributed by atoms with Crippen LogP contribution in [0.25, 0.3) is 0 Å². The molecule has 0 amide bonds. The monoisotopic (exact) mass is 388 g/mol. The predicted molar refractivity (Wildman–Crippen MR) is 101 cm³/mol. The van der Waals surface area contributed by atoms with Crippen molar-refractivity contribution in [1.29, 1.82) is 5.26 Å². The van der Waals surface area contributed by atoms with E-state index in [1.807, 2.05) is 0 Å². The second kappa shape index (κ2) is 7.53. The largest absolute Gasteiger partial charge is 0.356 e. The van der Waals surface area contributed by atoms with E-state index in [4.69, 9.17) is 5.26 Å². The van der Waals surface area contributed by atoms with Crippen LogP contribution in [0.3, 0.4) is 0 Å². The Hall–Kier alpha value is -2.66. The van der Waals surface area contributed by atoms with Crippen molar-refractivity contribution in [2.75, 3.05) is 22.7 Å². The highest BCUT2D eigenvalue weighted by Crippen LogP contribution is 2.26. The van der Waals surface area contributed by atoms with Crippen molar-refractivity contribution in [3.8, 4) is 6.07 Å². The van der Waals surface area contributed by atoms with Gasteiger partial charge >= 0.3 is 0 Å². The molecule has 1 fully saturated rings.